The molecule has 16 heteroatoms. The molecule has 1 aliphatic rings. The van der Waals surface area contributed by atoms with E-state index in [1.165, 1.54) is 0 Å². The van der Waals surface area contributed by atoms with E-state index in [9.17, 15) is 40.9 Å². The molecule has 0 aliphatic carbocycles. The third-order valence-corrected chi connectivity index (χ3v) is 8.46. The second-order valence-electron chi connectivity index (χ2n) is 11.1. The molecule has 0 amide bonds. The van der Waals surface area contributed by atoms with Crippen LogP contribution < -0.4 is 22.0 Å². The third-order valence-electron chi connectivity index (χ3n) is 8.46. The Hall–Kier alpha value is -7.36. The molecular formula is C32H20N8O8. The molecule has 0 fully saturated rings. The fraction of sp³-hybridized carbons (Fsp3) is 0. The summed E-state index contributed by atoms with van der Waals surface area (Å²) in [5.74, 6) is -7.15. The molecule has 8 bridgehead atoms. The Balaban J connectivity index is 1.56. The first-order valence-corrected chi connectivity index (χ1v) is 14.2. The molecule has 12 N–H and O–H groups in total. The van der Waals surface area contributed by atoms with Crippen molar-refractivity contribution in [2.24, 2.45) is 20.0 Å². The zero-order valence-electron chi connectivity index (χ0n) is 24.0. The number of nitrogens with zero attached hydrogens (tertiary/aromatic N) is 4. The Bertz CT molecular complexity index is 3010. The van der Waals surface area contributed by atoms with Crippen molar-refractivity contribution in [2.45, 2.75) is 0 Å². The SMILES string of the molecule is Oc1c(O)c(O)c2c3[nH]c(c2c1O)N=c1[nH]c(c2ccccc12)=Nc1[nH]c(c2ccccc12)N=c1[nH]c(c2c(O)c(O)c(O)c(O)c12)=N3. The molecule has 1 aliphatic heterocycles. The molecule has 0 saturated heterocycles. The van der Waals surface area contributed by atoms with Crippen LogP contribution in [-0.4, -0.2) is 60.8 Å². The Morgan fingerprint density at radius 1 is 0.312 bits per heavy atom. The number of benzene rings is 4. The lowest BCUT2D eigenvalue weighted by Crippen LogP contribution is -2.10. The van der Waals surface area contributed by atoms with E-state index < -0.39 is 46.0 Å². The summed E-state index contributed by atoms with van der Waals surface area (Å²) in [6.45, 7) is 0. The lowest BCUT2D eigenvalue weighted by Gasteiger charge is -2.06. The number of fused-ring (bicyclic) bond motifs is 20. The van der Waals surface area contributed by atoms with Crippen molar-refractivity contribution >= 4 is 66.4 Å². The van der Waals surface area contributed by atoms with Gasteiger partial charge in [0.15, 0.2) is 23.0 Å². The molecule has 0 atom stereocenters. The van der Waals surface area contributed by atoms with Crippen LogP contribution in [0.2, 0.25) is 0 Å². The van der Waals surface area contributed by atoms with Gasteiger partial charge in [0.05, 0.1) is 21.5 Å². The number of aromatic hydroxyl groups is 8. The molecule has 236 valence electrons. The van der Waals surface area contributed by atoms with E-state index in [1.807, 2.05) is 24.3 Å². The summed E-state index contributed by atoms with van der Waals surface area (Å²) in [6.07, 6.45) is 0. The number of hydrogen-bond acceptors (Lipinski definition) is 12. The monoisotopic (exact) mass is 644 g/mol. The quantitative estimate of drug-likeness (QED) is 0.0857. The Labute approximate surface area is 263 Å². The van der Waals surface area contributed by atoms with Gasteiger partial charge in [0, 0.05) is 21.5 Å². The summed E-state index contributed by atoms with van der Waals surface area (Å²) in [5.41, 5.74) is 0.319. The van der Waals surface area contributed by atoms with Crippen LogP contribution in [0.3, 0.4) is 0 Å². The minimum Gasteiger partial charge on any atom is -0.504 e. The zero-order valence-corrected chi connectivity index (χ0v) is 24.0. The lowest BCUT2D eigenvalue weighted by atomic mass is 10.1. The van der Waals surface area contributed by atoms with Crippen molar-refractivity contribution in [1.29, 1.82) is 0 Å². The van der Waals surface area contributed by atoms with Crippen molar-refractivity contribution < 1.29 is 40.9 Å². The maximum Gasteiger partial charge on any atom is 0.205 e. The summed E-state index contributed by atoms with van der Waals surface area (Å²) >= 11 is 0. The molecule has 8 aromatic rings. The number of hydrogen-bond donors (Lipinski definition) is 12. The summed E-state index contributed by atoms with van der Waals surface area (Å²) in [6, 6.07) is 14.5. The van der Waals surface area contributed by atoms with E-state index in [0.717, 1.165) is 0 Å². The lowest BCUT2D eigenvalue weighted by molar-refractivity contribution is 0.350. The molecule has 0 unspecified atom stereocenters. The van der Waals surface area contributed by atoms with Gasteiger partial charge in [-0.2, -0.15) is 0 Å². The minimum absolute atomic E-state index is 0.113. The van der Waals surface area contributed by atoms with Gasteiger partial charge in [-0.1, -0.05) is 48.5 Å². The molecule has 9 rings (SSSR count). The molecule has 5 heterocycles. The van der Waals surface area contributed by atoms with Crippen LogP contribution in [0.4, 0.5) is 23.3 Å². The summed E-state index contributed by atoms with van der Waals surface area (Å²) < 4.78 is 0. The number of aromatic amines is 4. The highest BCUT2D eigenvalue weighted by atomic mass is 16.4. The number of phenols is 8. The Kier molecular flexibility index (Phi) is 5.12. The molecule has 4 aromatic carbocycles. The van der Waals surface area contributed by atoms with Crippen LogP contribution in [-0.2, 0) is 0 Å². The van der Waals surface area contributed by atoms with Crippen LogP contribution in [0.25, 0.3) is 43.1 Å². The fourth-order valence-electron chi connectivity index (χ4n) is 6.21. The van der Waals surface area contributed by atoms with Gasteiger partial charge in [0.1, 0.15) is 45.2 Å². The first kappa shape index (κ1) is 27.0. The fourth-order valence-corrected chi connectivity index (χ4v) is 6.21. The van der Waals surface area contributed by atoms with Gasteiger partial charge in [-0.15, -0.1) is 0 Å². The van der Waals surface area contributed by atoms with Gasteiger partial charge in [0.25, 0.3) is 0 Å². The van der Waals surface area contributed by atoms with Gasteiger partial charge in [-0.25, -0.2) is 20.0 Å². The summed E-state index contributed by atoms with van der Waals surface area (Å²) in [4.78, 5) is 30.9. The van der Waals surface area contributed by atoms with E-state index in [-0.39, 0.29) is 55.5 Å². The second-order valence-corrected chi connectivity index (χ2v) is 11.1. The van der Waals surface area contributed by atoms with Crippen molar-refractivity contribution in [1.82, 2.24) is 19.9 Å². The van der Waals surface area contributed by atoms with Gasteiger partial charge < -0.3 is 60.8 Å². The van der Waals surface area contributed by atoms with Gasteiger partial charge in [-0.05, 0) is 0 Å². The maximum atomic E-state index is 11.0. The van der Waals surface area contributed by atoms with E-state index in [4.69, 9.17) is 4.99 Å². The number of nitrogens with one attached hydrogen (secondary N) is 4. The molecule has 16 nitrogen and oxygen atoms in total. The highest BCUT2D eigenvalue weighted by Gasteiger charge is 2.27. The van der Waals surface area contributed by atoms with Gasteiger partial charge in [-0.3, -0.25) is 0 Å². The topological polar surface area (TPSA) is 274 Å². The van der Waals surface area contributed by atoms with Crippen LogP contribution >= 0.6 is 0 Å². The molecule has 0 radical (unpaired) electrons. The van der Waals surface area contributed by atoms with Crippen molar-refractivity contribution in [3.8, 4) is 46.0 Å². The Morgan fingerprint density at radius 2 is 0.625 bits per heavy atom. The zero-order chi connectivity index (χ0) is 33.2. The molecule has 0 spiro atoms. The van der Waals surface area contributed by atoms with Crippen LogP contribution in [0.1, 0.15) is 0 Å². The summed E-state index contributed by atoms with van der Waals surface area (Å²) in [5, 5.41) is 87.4. The van der Waals surface area contributed by atoms with Gasteiger partial charge in [0.2, 0.25) is 23.0 Å². The van der Waals surface area contributed by atoms with Crippen LogP contribution in [0.15, 0.2) is 68.5 Å². The smallest absolute Gasteiger partial charge is 0.205 e. The number of aromatic nitrogens is 4. The first-order chi connectivity index (χ1) is 23.1. The highest BCUT2D eigenvalue weighted by molar-refractivity contribution is 6.10. The Morgan fingerprint density at radius 3 is 1.08 bits per heavy atom. The predicted molar refractivity (Wildman–Crippen MR) is 170 cm³/mol. The average molecular weight is 645 g/mol. The second kappa shape index (κ2) is 9.10. The maximum absolute atomic E-state index is 11.0. The van der Waals surface area contributed by atoms with E-state index in [0.29, 0.717) is 32.9 Å². The van der Waals surface area contributed by atoms with Crippen LogP contribution in [0, 0.1) is 0 Å². The molecular weight excluding hydrogens is 624 g/mol. The van der Waals surface area contributed by atoms with Crippen molar-refractivity contribution in [3.63, 3.8) is 0 Å². The number of H-pyrrole nitrogens is 4. The highest BCUT2D eigenvalue weighted by Crippen LogP contribution is 2.54. The van der Waals surface area contributed by atoms with Crippen molar-refractivity contribution in [2.75, 3.05) is 0 Å². The van der Waals surface area contributed by atoms with E-state index in [1.54, 1.807) is 24.3 Å². The average Bonchev–Trinajstić information content (AvgIpc) is 3.83. The first-order valence-electron chi connectivity index (χ1n) is 14.2. The number of rotatable bonds is 0. The normalized spacial score (nSPS) is 12.7. The third kappa shape index (κ3) is 3.41. The molecule has 48 heavy (non-hydrogen) atoms. The van der Waals surface area contributed by atoms with Gasteiger partial charge >= 0.3 is 0 Å². The van der Waals surface area contributed by atoms with Crippen molar-refractivity contribution in [3.05, 3.63) is 70.5 Å². The summed E-state index contributed by atoms with van der Waals surface area (Å²) in [7, 11) is 0. The van der Waals surface area contributed by atoms with E-state index in [2.05, 4.69) is 34.9 Å². The number of phenolic OH excluding ortho intramolecular Hbond substituents is 8. The van der Waals surface area contributed by atoms with Crippen LogP contribution in [0.5, 0.6) is 46.0 Å². The minimum atomic E-state index is -1.04. The standard InChI is InChI=1S/C32H20N8O8/c41-17-13-15(19(43)23(47)21(17)45)31-38-29(13)36-27-11-7-3-1-5-9(11)25(34-27)33-26-10-6-2-4-8-12(10)28(35-26)37-30-14-16(32(39-30)40-31)20(44)24(48)22(46)18(14)42/h1-8,41-48H,(H4,33,34,35,36,37,38,39,40). The largest absolute Gasteiger partial charge is 0.504 e. The predicted octanol–water partition coefficient (Wildman–Crippen LogP) is 3.38. The molecule has 0 saturated carbocycles. The van der Waals surface area contributed by atoms with E-state index >= 15 is 0 Å². The molecule has 4 aromatic heterocycles.